The third-order valence-corrected chi connectivity index (χ3v) is 4.15. The van der Waals surface area contributed by atoms with Crippen molar-refractivity contribution in [1.29, 1.82) is 0 Å². The van der Waals surface area contributed by atoms with Gasteiger partial charge in [-0.15, -0.1) is 0 Å². The summed E-state index contributed by atoms with van der Waals surface area (Å²) in [5.74, 6) is -0.695. The second kappa shape index (κ2) is 6.23. The zero-order valence-electron chi connectivity index (χ0n) is 11.2. The van der Waals surface area contributed by atoms with Crippen molar-refractivity contribution in [2.24, 2.45) is 0 Å². The fourth-order valence-electron chi connectivity index (χ4n) is 1.58. The lowest BCUT2D eigenvalue weighted by Crippen LogP contribution is -2.31. The van der Waals surface area contributed by atoms with Gasteiger partial charge < -0.3 is 4.90 Å². The van der Waals surface area contributed by atoms with Crippen LogP contribution in [0.15, 0.2) is 23.1 Å². The van der Waals surface area contributed by atoms with Gasteiger partial charge in [-0.1, -0.05) is 6.07 Å². The second-order valence-electron chi connectivity index (χ2n) is 4.51. The van der Waals surface area contributed by atoms with Crippen LogP contribution in [0, 0.1) is 6.92 Å². The maximum atomic E-state index is 12.1. The molecular weight excluding hydrogens is 331 g/mol. The van der Waals surface area contributed by atoms with E-state index in [-0.39, 0.29) is 10.5 Å². The van der Waals surface area contributed by atoms with Gasteiger partial charge in [0.05, 0.1) is 11.3 Å². The van der Waals surface area contributed by atoms with Crippen LogP contribution in [0.1, 0.15) is 22.3 Å². The first-order chi connectivity index (χ1) is 9.42. The highest BCUT2D eigenvalue weighted by atomic mass is 35.7. The van der Waals surface area contributed by atoms with Crippen molar-refractivity contribution in [2.45, 2.75) is 24.4 Å². The number of amides is 1. The zero-order valence-corrected chi connectivity index (χ0v) is 12.8. The second-order valence-corrected chi connectivity index (χ2v) is 7.07. The van der Waals surface area contributed by atoms with Crippen LogP contribution < -0.4 is 0 Å². The molecule has 0 saturated carbocycles. The molecule has 1 rings (SSSR count). The molecule has 0 aliphatic carbocycles. The molecule has 0 N–H and O–H groups in total. The summed E-state index contributed by atoms with van der Waals surface area (Å²) in [4.78, 5) is 12.7. The van der Waals surface area contributed by atoms with E-state index >= 15 is 0 Å². The van der Waals surface area contributed by atoms with Gasteiger partial charge in [-0.3, -0.25) is 4.79 Å². The SMILES string of the molecule is Cc1ccc(S(=O)(=O)Cl)cc1C(=O)N(C)CCC(F)(F)F. The van der Waals surface area contributed by atoms with Gasteiger partial charge in [0.1, 0.15) is 0 Å². The zero-order chi connectivity index (χ0) is 16.4. The number of carbonyl (C=O) groups excluding carboxylic acids is 1. The molecule has 0 aliphatic rings. The molecule has 0 saturated heterocycles. The fourth-order valence-corrected chi connectivity index (χ4v) is 2.36. The maximum Gasteiger partial charge on any atom is 0.390 e. The molecule has 4 nitrogen and oxygen atoms in total. The van der Waals surface area contributed by atoms with Gasteiger partial charge >= 0.3 is 6.18 Å². The summed E-state index contributed by atoms with van der Waals surface area (Å²) >= 11 is 0. The minimum absolute atomic E-state index is 0.00130. The first-order valence-corrected chi connectivity index (χ1v) is 8.10. The molecular formula is C12H13ClF3NO3S. The minimum Gasteiger partial charge on any atom is -0.341 e. The lowest BCUT2D eigenvalue weighted by atomic mass is 10.1. The van der Waals surface area contributed by atoms with E-state index in [4.69, 9.17) is 10.7 Å². The number of nitrogens with zero attached hydrogens (tertiary/aromatic N) is 1. The monoisotopic (exact) mass is 343 g/mol. The average molecular weight is 344 g/mol. The molecule has 0 bridgehead atoms. The van der Waals surface area contributed by atoms with E-state index in [1.54, 1.807) is 6.92 Å². The third kappa shape index (κ3) is 5.20. The number of hydrogen-bond donors (Lipinski definition) is 0. The molecule has 118 valence electrons. The number of rotatable bonds is 4. The normalized spacial score (nSPS) is 12.3. The molecule has 0 fully saturated rings. The molecule has 1 amide bonds. The Morgan fingerprint density at radius 1 is 1.33 bits per heavy atom. The predicted molar refractivity (Wildman–Crippen MR) is 71.9 cm³/mol. The van der Waals surface area contributed by atoms with Gasteiger partial charge in [-0.25, -0.2) is 8.42 Å². The molecule has 0 heterocycles. The summed E-state index contributed by atoms with van der Waals surface area (Å²) in [6.45, 7) is 1.04. The Morgan fingerprint density at radius 3 is 2.38 bits per heavy atom. The van der Waals surface area contributed by atoms with Crippen LogP contribution >= 0.6 is 10.7 Å². The van der Waals surface area contributed by atoms with Crippen LogP contribution in [0.3, 0.4) is 0 Å². The average Bonchev–Trinajstić information content (AvgIpc) is 2.33. The van der Waals surface area contributed by atoms with Crippen molar-refractivity contribution in [3.05, 3.63) is 29.3 Å². The van der Waals surface area contributed by atoms with Gasteiger partial charge in [0, 0.05) is 29.8 Å². The summed E-state index contributed by atoms with van der Waals surface area (Å²) in [5, 5.41) is 0. The number of aryl methyl sites for hydroxylation is 1. The van der Waals surface area contributed by atoms with Gasteiger partial charge in [0.15, 0.2) is 0 Å². The topological polar surface area (TPSA) is 54.5 Å². The molecule has 21 heavy (non-hydrogen) atoms. The van der Waals surface area contributed by atoms with Gasteiger partial charge in [-0.2, -0.15) is 13.2 Å². The van der Waals surface area contributed by atoms with Crippen molar-refractivity contribution in [3.8, 4) is 0 Å². The summed E-state index contributed by atoms with van der Waals surface area (Å²) in [6, 6.07) is 3.66. The standard InChI is InChI=1S/C12H13ClF3NO3S/c1-8-3-4-9(21(13,19)20)7-10(8)11(18)17(2)6-5-12(14,15)16/h3-4,7H,5-6H2,1-2H3. The van der Waals surface area contributed by atoms with Crippen molar-refractivity contribution < 1.29 is 26.4 Å². The Labute approximate surface area is 124 Å². The fraction of sp³-hybridized carbons (Fsp3) is 0.417. The predicted octanol–water partition coefficient (Wildman–Crippen LogP) is 2.95. The Bertz CT molecular complexity index is 644. The Morgan fingerprint density at radius 2 is 1.90 bits per heavy atom. The molecule has 0 radical (unpaired) electrons. The highest BCUT2D eigenvalue weighted by Gasteiger charge is 2.28. The van der Waals surface area contributed by atoms with Crippen molar-refractivity contribution in [1.82, 2.24) is 4.90 Å². The van der Waals surface area contributed by atoms with Gasteiger partial charge in [-0.05, 0) is 24.6 Å². The molecule has 9 heteroatoms. The van der Waals surface area contributed by atoms with Crippen LogP contribution in [0.25, 0.3) is 0 Å². The maximum absolute atomic E-state index is 12.1. The molecule has 0 spiro atoms. The summed E-state index contributed by atoms with van der Waals surface area (Å²) in [7, 11) is 2.39. The smallest absolute Gasteiger partial charge is 0.341 e. The summed E-state index contributed by atoms with van der Waals surface area (Å²) < 4.78 is 58.9. The molecule has 0 atom stereocenters. The highest BCUT2D eigenvalue weighted by Crippen LogP contribution is 2.22. The van der Waals surface area contributed by atoms with Crippen LogP contribution in [0.4, 0.5) is 13.2 Å². The molecule has 0 aromatic heterocycles. The van der Waals surface area contributed by atoms with E-state index < -0.39 is 34.1 Å². The van der Waals surface area contributed by atoms with E-state index in [9.17, 15) is 26.4 Å². The quantitative estimate of drug-likeness (QED) is 0.790. The van der Waals surface area contributed by atoms with E-state index in [1.807, 2.05) is 0 Å². The first-order valence-electron chi connectivity index (χ1n) is 5.79. The molecule has 0 unspecified atom stereocenters. The number of benzene rings is 1. The molecule has 1 aromatic carbocycles. The summed E-state index contributed by atoms with van der Waals surface area (Å²) in [5.41, 5.74) is 0.448. The van der Waals surface area contributed by atoms with Crippen LogP contribution in [0.2, 0.25) is 0 Å². The minimum atomic E-state index is -4.37. The van der Waals surface area contributed by atoms with E-state index in [1.165, 1.54) is 19.2 Å². The third-order valence-electron chi connectivity index (χ3n) is 2.80. The van der Waals surface area contributed by atoms with Crippen LogP contribution in [-0.2, 0) is 9.05 Å². The number of hydrogen-bond acceptors (Lipinski definition) is 3. The van der Waals surface area contributed by atoms with Gasteiger partial charge in [0.2, 0.25) is 0 Å². The van der Waals surface area contributed by atoms with Crippen LogP contribution in [0.5, 0.6) is 0 Å². The summed E-state index contributed by atoms with van der Waals surface area (Å²) in [6.07, 6.45) is -5.51. The lowest BCUT2D eigenvalue weighted by molar-refractivity contribution is -0.136. The van der Waals surface area contributed by atoms with Crippen molar-refractivity contribution >= 4 is 25.6 Å². The highest BCUT2D eigenvalue weighted by molar-refractivity contribution is 8.13. The van der Waals surface area contributed by atoms with Crippen LogP contribution in [-0.4, -0.2) is 39.0 Å². The van der Waals surface area contributed by atoms with E-state index in [2.05, 4.69) is 0 Å². The number of halogens is 4. The van der Waals surface area contributed by atoms with Gasteiger partial charge in [0.25, 0.3) is 15.0 Å². The first kappa shape index (κ1) is 17.8. The molecule has 1 aromatic rings. The number of carbonyl (C=O) groups is 1. The van der Waals surface area contributed by atoms with E-state index in [0.29, 0.717) is 5.56 Å². The van der Waals surface area contributed by atoms with Crippen molar-refractivity contribution in [2.75, 3.05) is 13.6 Å². The molecule has 0 aliphatic heterocycles. The Hall–Kier alpha value is -1.28. The largest absolute Gasteiger partial charge is 0.390 e. The lowest BCUT2D eigenvalue weighted by Gasteiger charge is -2.19. The Balaban J connectivity index is 3.02. The Kier molecular flexibility index (Phi) is 5.27. The number of alkyl halides is 3. The van der Waals surface area contributed by atoms with E-state index in [0.717, 1.165) is 11.0 Å². The van der Waals surface area contributed by atoms with Crippen molar-refractivity contribution in [3.63, 3.8) is 0 Å².